The smallest absolute Gasteiger partial charge is 0.394 e. The Morgan fingerprint density at radius 3 is 1.89 bits per heavy atom. The van der Waals surface area contributed by atoms with E-state index in [-0.39, 0.29) is 6.29 Å². The molecule has 0 saturated carbocycles. The average Bonchev–Trinajstić information content (AvgIpc) is 2.57. The summed E-state index contributed by atoms with van der Waals surface area (Å²) in [6, 6.07) is 0. The van der Waals surface area contributed by atoms with E-state index >= 15 is 0 Å². The SMILES string of the molecule is O=CC(O)C(O)C(O)C(O)CO.O=c1[nH]cc(P(=O)(O)O)c(=O)n1P(=O)(O)O. The van der Waals surface area contributed by atoms with Gasteiger partial charge in [0.15, 0.2) is 6.29 Å². The molecule has 16 nitrogen and oxygen atoms in total. The molecule has 28 heavy (non-hydrogen) atoms. The molecule has 18 heteroatoms. The van der Waals surface area contributed by atoms with Gasteiger partial charge in [0.2, 0.25) is 0 Å². The van der Waals surface area contributed by atoms with E-state index in [9.17, 15) is 23.5 Å². The Morgan fingerprint density at radius 1 is 1.04 bits per heavy atom. The molecule has 0 aliphatic heterocycles. The Kier molecular flexibility index (Phi) is 9.72. The van der Waals surface area contributed by atoms with Crippen LogP contribution in [0.25, 0.3) is 0 Å². The second-order valence-electron chi connectivity index (χ2n) is 5.01. The quantitative estimate of drug-likeness (QED) is 0.136. The van der Waals surface area contributed by atoms with E-state index in [2.05, 4.69) is 0 Å². The molecule has 10 N–H and O–H groups in total. The summed E-state index contributed by atoms with van der Waals surface area (Å²) in [5.74, 6) is 0. The average molecular weight is 452 g/mol. The van der Waals surface area contributed by atoms with Gasteiger partial charge < -0.3 is 54.9 Å². The summed E-state index contributed by atoms with van der Waals surface area (Å²) >= 11 is 0. The predicted octanol–water partition coefficient (Wildman–Crippen LogP) is -6.10. The molecule has 0 amide bonds. The van der Waals surface area contributed by atoms with Crippen molar-refractivity contribution < 1.29 is 59.0 Å². The Balaban J connectivity index is 0.000000546. The summed E-state index contributed by atoms with van der Waals surface area (Å²) in [5.41, 5.74) is -3.19. The monoisotopic (exact) mass is 452 g/mol. The molecule has 0 saturated heterocycles. The van der Waals surface area contributed by atoms with Gasteiger partial charge >= 0.3 is 21.0 Å². The first-order valence-corrected chi connectivity index (χ1v) is 10.0. The van der Waals surface area contributed by atoms with Crippen molar-refractivity contribution in [3.63, 3.8) is 0 Å². The number of aliphatic hydroxyl groups is 5. The molecule has 0 fully saturated rings. The molecule has 1 heterocycles. The summed E-state index contributed by atoms with van der Waals surface area (Å²) in [4.78, 5) is 68.3. The van der Waals surface area contributed by atoms with Gasteiger partial charge in [-0.3, -0.25) is 9.36 Å². The normalized spacial score (nSPS) is 16.3. The van der Waals surface area contributed by atoms with Crippen LogP contribution in [0.5, 0.6) is 0 Å². The first kappa shape index (κ1) is 26.4. The van der Waals surface area contributed by atoms with Crippen molar-refractivity contribution in [3.05, 3.63) is 27.0 Å². The van der Waals surface area contributed by atoms with Crippen molar-refractivity contribution in [2.75, 3.05) is 6.61 Å². The van der Waals surface area contributed by atoms with Crippen LogP contribution >= 0.6 is 15.3 Å². The minimum atomic E-state index is -5.27. The third kappa shape index (κ3) is 7.12. The highest BCUT2D eigenvalue weighted by molar-refractivity contribution is 7.60. The van der Waals surface area contributed by atoms with E-state index in [4.69, 9.17) is 45.1 Å². The van der Waals surface area contributed by atoms with E-state index in [0.29, 0.717) is 6.20 Å². The standard InChI is InChI=1S/C6H12O6.C4H6N2O8P2/c7-1-3(9)5(11)6(12)4(10)2-8;7-3-2(15(9,10)11)1-5-4(8)6(3)16(12,13)14/h1,3-6,8-12H,2H2;1H,(H,5,8)(H2,9,10,11)(H2,12,13,14). The van der Waals surface area contributed by atoms with Crippen LogP contribution in [0, 0.1) is 0 Å². The highest BCUT2D eigenvalue weighted by Gasteiger charge is 2.30. The Hall–Kier alpha value is -1.55. The zero-order valence-electron chi connectivity index (χ0n) is 13.6. The highest BCUT2D eigenvalue weighted by atomic mass is 31.2. The molecule has 4 unspecified atom stereocenters. The molecule has 1 rings (SSSR count). The van der Waals surface area contributed by atoms with Crippen LogP contribution in [0.15, 0.2) is 15.8 Å². The molecule has 0 aliphatic rings. The van der Waals surface area contributed by atoms with Crippen molar-refractivity contribution in [1.29, 1.82) is 0 Å². The van der Waals surface area contributed by atoms with Gasteiger partial charge in [-0.1, -0.05) is 0 Å². The highest BCUT2D eigenvalue weighted by Crippen LogP contribution is 2.34. The van der Waals surface area contributed by atoms with Gasteiger partial charge in [-0.05, 0) is 0 Å². The predicted molar refractivity (Wildman–Crippen MR) is 87.6 cm³/mol. The lowest BCUT2D eigenvalue weighted by Crippen LogP contribution is -2.46. The molecule has 4 atom stereocenters. The van der Waals surface area contributed by atoms with Gasteiger partial charge in [-0.15, -0.1) is 0 Å². The molecule has 1 aromatic rings. The van der Waals surface area contributed by atoms with Crippen LogP contribution in [-0.4, -0.2) is 91.7 Å². The second-order valence-corrected chi connectivity index (χ2v) is 8.01. The molecule has 0 radical (unpaired) electrons. The van der Waals surface area contributed by atoms with Crippen LogP contribution in [0.4, 0.5) is 0 Å². The maximum Gasteiger partial charge on any atom is 0.440 e. The van der Waals surface area contributed by atoms with E-state index < -0.39 is 67.3 Å². The van der Waals surface area contributed by atoms with Crippen LogP contribution < -0.4 is 16.6 Å². The van der Waals surface area contributed by atoms with Crippen molar-refractivity contribution in [2.24, 2.45) is 0 Å². The number of hydrogen-bond donors (Lipinski definition) is 10. The minimum Gasteiger partial charge on any atom is -0.394 e. The summed E-state index contributed by atoms with van der Waals surface area (Å²) in [7, 11) is -10.3. The van der Waals surface area contributed by atoms with Crippen molar-refractivity contribution in [2.45, 2.75) is 24.4 Å². The summed E-state index contributed by atoms with van der Waals surface area (Å²) < 4.78 is 20.9. The van der Waals surface area contributed by atoms with Crippen molar-refractivity contribution >= 4 is 26.9 Å². The molecule has 0 spiro atoms. The number of carbonyl (C=O) groups is 1. The van der Waals surface area contributed by atoms with Crippen molar-refractivity contribution in [1.82, 2.24) is 9.32 Å². The number of H-pyrrole nitrogens is 1. The van der Waals surface area contributed by atoms with Crippen molar-refractivity contribution in [3.8, 4) is 0 Å². The molecule has 1 aromatic heterocycles. The number of rotatable bonds is 7. The van der Waals surface area contributed by atoms with E-state index in [1.54, 1.807) is 4.98 Å². The lowest BCUT2D eigenvalue weighted by molar-refractivity contribution is -0.136. The second kappa shape index (κ2) is 10.3. The van der Waals surface area contributed by atoms with E-state index in [0.717, 1.165) is 0 Å². The third-order valence-corrected chi connectivity index (χ3v) is 4.76. The van der Waals surface area contributed by atoms with Crippen LogP contribution in [-0.2, 0) is 13.9 Å². The first-order chi connectivity index (χ1) is 12.6. The van der Waals surface area contributed by atoms with E-state index in [1.165, 1.54) is 0 Å². The number of aromatic nitrogens is 2. The van der Waals surface area contributed by atoms with E-state index in [1.807, 2.05) is 0 Å². The number of aromatic amines is 1. The Morgan fingerprint density at radius 2 is 1.54 bits per heavy atom. The molecule has 0 aliphatic carbocycles. The third-order valence-electron chi connectivity index (χ3n) is 2.93. The molecular weight excluding hydrogens is 434 g/mol. The van der Waals surface area contributed by atoms with Gasteiger partial charge in [0, 0.05) is 6.20 Å². The van der Waals surface area contributed by atoms with Crippen LogP contribution in [0.2, 0.25) is 0 Å². The Bertz CT molecular complexity index is 868. The number of aldehydes is 1. The van der Waals surface area contributed by atoms with Gasteiger partial charge in [-0.25, -0.2) is 9.36 Å². The molecule has 162 valence electrons. The zero-order valence-corrected chi connectivity index (χ0v) is 15.4. The van der Waals surface area contributed by atoms with Gasteiger partial charge in [0.05, 0.1) is 6.61 Å². The maximum absolute atomic E-state index is 11.2. The first-order valence-electron chi connectivity index (χ1n) is 6.85. The number of nitrogens with one attached hydrogen (secondary N) is 1. The van der Waals surface area contributed by atoms with Gasteiger partial charge in [0.1, 0.15) is 29.7 Å². The van der Waals surface area contributed by atoms with Crippen LogP contribution in [0.1, 0.15) is 0 Å². The topological polar surface area (TPSA) is 288 Å². The molecule has 0 aromatic carbocycles. The number of nitrogens with zero attached hydrogens (tertiary/aromatic N) is 1. The fraction of sp³-hybridized carbons (Fsp3) is 0.500. The fourth-order valence-electron chi connectivity index (χ4n) is 1.52. The summed E-state index contributed by atoms with van der Waals surface area (Å²) in [5, 5.41) is 42.3. The van der Waals surface area contributed by atoms with Gasteiger partial charge in [-0.2, -0.15) is 4.34 Å². The summed E-state index contributed by atoms with van der Waals surface area (Å²) in [6.45, 7) is -0.760. The van der Waals surface area contributed by atoms with Crippen LogP contribution in [0.3, 0.4) is 0 Å². The summed E-state index contributed by atoms with van der Waals surface area (Å²) in [6.07, 6.45) is -6.43. The molecule has 0 bridgehead atoms. The number of carbonyl (C=O) groups excluding carboxylic acids is 1. The molecular formula is C10H18N2O14P2. The maximum atomic E-state index is 11.2. The Labute approximate surface area is 154 Å². The number of hydrogen-bond acceptors (Lipinski definition) is 10. The lowest BCUT2D eigenvalue weighted by Gasteiger charge is -2.22. The largest absolute Gasteiger partial charge is 0.440 e. The van der Waals surface area contributed by atoms with Gasteiger partial charge in [0.25, 0.3) is 5.56 Å². The zero-order chi connectivity index (χ0) is 22.4. The fourth-order valence-corrected chi connectivity index (χ4v) is 2.82. The lowest BCUT2D eigenvalue weighted by atomic mass is 10.0. The minimum absolute atomic E-state index is 0.0258. The number of aliphatic hydroxyl groups excluding tert-OH is 5.